The van der Waals surface area contributed by atoms with E-state index < -0.39 is 0 Å². The smallest absolute Gasteiger partial charge is 0.271 e. The second-order valence-electron chi connectivity index (χ2n) is 7.15. The summed E-state index contributed by atoms with van der Waals surface area (Å²) in [5.74, 6) is 0.208. The number of amides is 2. The number of carbonyl (C=O) groups is 2. The highest BCUT2D eigenvalue weighted by molar-refractivity contribution is 6.06. The van der Waals surface area contributed by atoms with E-state index in [0.717, 1.165) is 33.5 Å². The molecule has 0 saturated heterocycles. The van der Waals surface area contributed by atoms with Gasteiger partial charge in [-0.1, -0.05) is 30.3 Å². The minimum Gasteiger partial charge on any atom is -0.497 e. The lowest BCUT2D eigenvalue weighted by atomic mass is 10.1. The van der Waals surface area contributed by atoms with Crippen LogP contribution in [0.15, 0.2) is 77.9 Å². The number of hydrogen-bond acceptors (Lipinski definition) is 4. The minimum atomic E-state index is -0.352. The summed E-state index contributed by atoms with van der Waals surface area (Å²) < 4.78 is 5.37. The van der Waals surface area contributed by atoms with Gasteiger partial charge in [-0.15, -0.1) is 0 Å². The summed E-state index contributed by atoms with van der Waals surface area (Å²) in [5, 5.41) is 7.80. The van der Waals surface area contributed by atoms with E-state index in [2.05, 4.69) is 20.8 Å². The highest BCUT2D eigenvalue weighted by Gasteiger charge is 2.13. The van der Waals surface area contributed by atoms with E-state index in [0.29, 0.717) is 11.3 Å². The van der Waals surface area contributed by atoms with Crippen LogP contribution in [0.3, 0.4) is 0 Å². The molecule has 0 aliphatic rings. The number of aromatic amines is 1. The van der Waals surface area contributed by atoms with E-state index >= 15 is 0 Å². The standard InChI is InChI=1S/C25H22N4O3/c1-16(30)27-19-10-8-18(9-11-19)25(31)29-26-15-22-21-14-20(32-2)12-13-23(21)28-24(22)17-6-4-3-5-7-17/h3-15,28H,1-2H3,(H,27,30)(H,29,31)/b26-15-. The van der Waals surface area contributed by atoms with Gasteiger partial charge in [0, 0.05) is 34.6 Å². The summed E-state index contributed by atoms with van der Waals surface area (Å²) in [6, 6.07) is 22.3. The highest BCUT2D eigenvalue weighted by Crippen LogP contribution is 2.31. The maximum atomic E-state index is 12.5. The van der Waals surface area contributed by atoms with Crippen LogP contribution in [0.4, 0.5) is 5.69 Å². The van der Waals surface area contributed by atoms with Gasteiger partial charge in [0.1, 0.15) is 5.75 Å². The predicted octanol–water partition coefficient (Wildman–Crippen LogP) is 4.57. The molecule has 1 heterocycles. The van der Waals surface area contributed by atoms with Crippen molar-refractivity contribution in [2.24, 2.45) is 5.10 Å². The Kier molecular flexibility index (Phi) is 5.98. The summed E-state index contributed by atoms with van der Waals surface area (Å²) in [5.41, 5.74) is 7.30. The van der Waals surface area contributed by atoms with Crippen molar-refractivity contribution in [3.63, 3.8) is 0 Å². The van der Waals surface area contributed by atoms with Gasteiger partial charge in [0.2, 0.25) is 5.91 Å². The zero-order valence-electron chi connectivity index (χ0n) is 17.7. The van der Waals surface area contributed by atoms with E-state index in [-0.39, 0.29) is 11.8 Å². The first kappa shape index (κ1) is 20.9. The summed E-state index contributed by atoms with van der Waals surface area (Å²) >= 11 is 0. The summed E-state index contributed by atoms with van der Waals surface area (Å²) in [6.07, 6.45) is 1.63. The normalized spacial score (nSPS) is 10.9. The molecule has 0 saturated carbocycles. The van der Waals surface area contributed by atoms with Crippen LogP contribution in [0.1, 0.15) is 22.8 Å². The van der Waals surface area contributed by atoms with Crippen LogP contribution < -0.4 is 15.5 Å². The molecule has 2 amide bonds. The number of fused-ring (bicyclic) bond motifs is 1. The second kappa shape index (κ2) is 9.18. The van der Waals surface area contributed by atoms with Crippen molar-refractivity contribution in [1.82, 2.24) is 10.4 Å². The molecule has 0 fully saturated rings. The predicted molar refractivity (Wildman–Crippen MR) is 126 cm³/mol. The Morgan fingerprint density at radius 2 is 1.75 bits per heavy atom. The van der Waals surface area contributed by atoms with Crippen LogP contribution in [-0.2, 0) is 4.79 Å². The monoisotopic (exact) mass is 426 g/mol. The average Bonchev–Trinajstić information content (AvgIpc) is 3.17. The Morgan fingerprint density at radius 3 is 2.44 bits per heavy atom. The first-order chi connectivity index (χ1) is 15.5. The van der Waals surface area contributed by atoms with Crippen molar-refractivity contribution in [1.29, 1.82) is 0 Å². The Balaban J connectivity index is 1.61. The Labute approximate surface area is 185 Å². The number of hydrogen-bond donors (Lipinski definition) is 3. The first-order valence-electron chi connectivity index (χ1n) is 10.0. The maximum absolute atomic E-state index is 12.5. The molecule has 160 valence electrons. The molecular formula is C25H22N4O3. The minimum absolute atomic E-state index is 0.170. The fourth-order valence-electron chi connectivity index (χ4n) is 3.41. The third-order valence-corrected chi connectivity index (χ3v) is 4.94. The molecule has 0 bridgehead atoms. The van der Waals surface area contributed by atoms with Gasteiger partial charge in [0.25, 0.3) is 5.91 Å². The number of hydrazone groups is 1. The van der Waals surface area contributed by atoms with Gasteiger partial charge >= 0.3 is 0 Å². The number of anilines is 1. The van der Waals surface area contributed by atoms with Crippen molar-refractivity contribution in [3.05, 3.63) is 83.9 Å². The van der Waals surface area contributed by atoms with Crippen LogP contribution in [0, 0.1) is 0 Å². The molecule has 0 aliphatic carbocycles. The molecule has 0 spiro atoms. The van der Waals surface area contributed by atoms with E-state index in [1.165, 1.54) is 6.92 Å². The molecule has 1 aromatic heterocycles. The average molecular weight is 426 g/mol. The van der Waals surface area contributed by atoms with E-state index in [4.69, 9.17) is 4.74 Å². The van der Waals surface area contributed by atoms with E-state index in [9.17, 15) is 9.59 Å². The quantitative estimate of drug-likeness (QED) is 0.311. The van der Waals surface area contributed by atoms with Crippen LogP contribution in [0.25, 0.3) is 22.2 Å². The number of rotatable bonds is 6. The number of carbonyl (C=O) groups excluding carboxylic acids is 2. The van der Waals surface area contributed by atoms with Gasteiger partial charge in [-0.3, -0.25) is 9.59 Å². The topological polar surface area (TPSA) is 95.6 Å². The Hall–Kier alpha value is -4.39. The largest absolute Gasteiger partial charge is 0.497 e. The van der Waals surface area contributed by atoms with Crippen LogP contribution in [0.5, 0.6) is 5.75 Å². The summed E-state index contributed by atoms with van der Waals surface area (Å²) in [6.45, 7) is 1.43. The first-order valence-corrected chi connectivity index (χ1v) is 10.0. The second-order valence-corrected chi connectivity index (χ2v) is 7.15. The number of benzene rings is 3. The lowest BCUT2D eigenvalue weighted by Gasteiger charge is -2.04. The lowest BCUT2D eigenvalue weighted by molar-refractivity contribution is -0.114. The number of H-pyrrole nitrogens is 1. The molecule has 0 radical (unpaired) electrons. The van der Waals surface area contributed by atoms with Crippen LogP contribution in [0.2, 0.25) is 0 Å². The van der Waals surface area contributed by atoms with Crippen LogP contribution in [-0.4, -0.2) is 30.1 Å². The van der Waals surface area contributed by atoms with E-state index in [1.54, 1.807) is 37.6 Å². The molecule has 32 heavy (non-hydrogen) atoms. The Morgan fingerprint density at radius 1 is 1.00 bits per heavy atom. The van der Waals surface area contributed by atoms with Gasteiger partial charge in [0.05, 0.1) is 19.0 Å². The molecule has 0 unspecified atom stereocenters. The summed E-state index contributed by atoms with van der Waals surface area (Å²) in [4.78, 5) is 27.0. The molecule has 4 rings (SSSR count). The number of nitrogens with one attached hydrogen (secondary N) is 3. The number of nitrogens with zero attached hydrogens (tertiary/aromatic N) is 1. The molecule has 7 heteroatoms. The molecule has 3 aromatic carbocycles. The van der Waals surface area contributed by atoms with Crippen molar-refractivity contribution in [2.45, 2.75) is 6.92 Å². The number of ether oxygens (including phenoxy) is 1. The summed E-state index contributed by atoms with van der Waals surface area (Å²) in [7, 11) is 1.62. The Bertz CT molecular complexity index is 1290. The van der Waals surface area contributed by atoms with E-state index in [1.807, 2.05) is 48.5 Å². The highest BCUT2D eigenvalue weighted by atomic mass is 16.5. The van der Waals surface area contributed by atoms with Crippen molar-refractivity contribution in [3.8, 4) is 17.0 Å². The van der Waals surface area contributed by atoms with Gasteiger partial charge in [-0.25, -0.2) is 5.43 Å². The third-order valence-electron chi connectivity index (χ3n) is 4.94. The molecule has 4 aromatic rings. The van der Waals surface area contributed by atoms with Crippen molar-refractivity contribution < 1.29 is 14.3 Å². The fourth-order valence-corrected chi connectivity index (χ4v) is 3.41. The number of methoxy groups -OCH3 is 1. The lowest BCUT2D eigenvalue weighted by Crippen LogP contribution is -2.17. The molecule has 7 nitrogen and oxygen atoms in total. The third kappa shape index (κ3) is 4.52. The van der Waals surface area contributed by atoms with Gasteiger partial charge in [-0.05, 0) is 48.0 Å². The number of aromatic nitrogens is 1. The zero-order valence-corrected chi connectivity index (χ0v) is 17.7. The molecule has 0 aliphatic heterocycles. The fraction of sp³-hybridized carbons (Fsp3) is 0.0800. The van der Waals surface area contributed by atoms with Gasteiger partial charge in [0.15, 0.2) is 0 Å². The van der Waals surface area contributed by atoms with Crippen molar-refractivity contribution >= 4 is 34.6 Å². The van der Waals surface area contributed by atoms with Crippen molar-refractivity contribution in [2.75, 3.05) is 12.4 Å². The maximum Gasteiger partial charge on any atom is 0.271 e. The van der Waals surface area contributed by atoms with Crippen LogP contribution >= 0.6 is 0 Å². The molecule has 0 atom stereocenters. The van der Waals surface area contributed by atoms with Gasteiger partial charge < -0.3 is 15.0 Å². The van der Waals surface area contributed by atoms with Gasteiger partial charge in [-0.2, -0.15) is 5.10 Å². The SMILES string of the molecule is COc1ccc2[nH]c(-c3ccccc3)c(/C=N\NC(=O)c3ccc(NC(C)=O)cc3)c2c1. The molecular weight excluding hydrogens is 404 g/mol. The zero-order chi connectivity index (χ0) is 22.5. The molecule has 3 N–H and O–H groups in total.